The zero-order chi connectivity index (χ0) is 16.8. The van der Waals surface area contributed by atoms with E-state index in [-0.39, 0.29) is 23.8 Å². The molecule has 0 saturated carbocycles. The number of aromatic carboxylic acids is 1. The molecule has 1 aromatic rings. The summed E-state index contributed by atoms with van der Waals surface area (Å²) in [5.74, 6) is -1.82. The minimum atomic E-state index is -1.80. The quantitative estimate of drug-likeness (QED) is 0.895. The minimum Gasteiger partial charge on any atom is -0.478 e. The molecule has 0 aliphatic carbocycles. The lowest BCUT2D eigenvalue weighted by molar-refractivity contribution is -0.130. The molecule has 0 spiro atoms. The van der Waals surface area contributed by atoms with Crippen molar-refractivity contribution < 1.29 is 19.1 Å². The van der Waals surface area contributed by atoms with Gasteiger partial charge in [0.1, 0.15) is 0 Å². The van der Waals surface area contributed by atoms with E-state index in [0.29, 0.717) is 25.3 Å². The van der Waals surface area contributed by atoms with E-state index in [2.05, 4.69) is 5.32 Å². The third kappa shape index (κ3) is 2.51. The highest BCUT2D eigenvalue weighted by Crippen LogP contribution is 2.41. The Morgan fingerprint density at radius 3 is 2.83 bits per heavy atom. The van der Waals surface area contributed by atoms with E-state index in [1.807, 2.05) is 13.8 Å². The highest BCUT2D eigenvalue weighted by Gasteiger charge is 2.56. The van der Waals surface area contributed by atoms with Crippen molar-refractivity contribution in [2.24, 2.45) is 5.92 Å². The molecule has 2 atom stereocenters. The van der Waals surface area contributed by atoms with Gasteiger partial charge in [-0.3, -0.25) is 4.79 Å². The minimum absolute atomic E-state index is 0.0356. The molecule has 23 heavy (non-hydrogen) atoms. The highest BCUT2D eigenvalue weighted by atomic mass is 19.1. The van der Waals surface area contributed by atoms with Crippen LogP contribution in [0.4, 0.5) is 10.1 Å². The van der Waals surface area contributed by atoms with Gasteiger partial charge in [-0.15, -0.1) is 0 Å². The monoisotopic (exact) mass is 320 g/mol. The van der Waals surface area contributed by atoms with E-state index in [4.69, 9.17) is 5.11 Å². The molecule has 0 aromatic heterocycles. The number of fused-ring (bicyclic) bond motifs is 1. The maximum atomic E-state index is 15.1. The van der Waals surface area contributed by atoms with E-state index >= 15 is 4.39 Å². The molecular weight excluding hydrogens is 299 g/mol. The molecule has 2 aliphatic heterocycles. The number of carbonyl (C=O) groups is 2. The smallest absolute Gasteiger partial charge is 0.335 e. The Kier molecular flexibility index (Phi) is 3.88. The van der Waals surface area contributed by atoms with Gasteiger partial charge >= 0.3 is 5.97 Å². The van der Waals surface area contributed by atoms with E-state index in [9.17, 15) is 9.59 Å². The summed E-state index contributed by atoms with van der Waals surface area (Å²) in [5, 5.41) is 12.3. The first-order valence-electron chi connectivity index (χ1n) is 7.93. The van der Waals surface area contributed by atoms with E-state index in [0.717, 1.165) is 5.56 Å². The summed E-state index contributed by atoms with van der Waals surface area (Å²) < 4.78 is 15.1. The molecule has 124 valence electrons. The molecule has 6 heteroatoms. The van der Waals surface area contributed by atoms with E-state index < -0.39 is 17.5 Å². The maximum Gasteiger partial charge on any atom is 0.335 e. The SMILES string of the molecule is CC(C)c1cc(C(=O)O)ccc1N1C[C@@H]2CNCC[C@]2(F)C1=O. The Labute approximate surface area is 134 Å². The predicted octanol–water partition coefficient (Wildman–Crippen LogP) is 2.17. The molecule has 0 unspecified atom stereocenters. The van der Waals surface area contributed by atoms with Crippen LogP contribution in [0.3, 0.4) is 0 Å². The zero-order valence-electron chi connectivity index (χ0n) is 13.3. The van der Waals surface area contributed by atoms with Gasteiger partial charge in [-0.2, -0.15) is 0 Å². The van der Waals surface area contributed by atoms with Gasteiger partial charge < -0.3 is 15.3 Å². The molecule has 1 aromatic carbocycles. The molecule has 2 aliphatic rings. The number of carboxylic acids is 1. The third-order valence-corrected chi connectivity index (χ3v) is 4.89. The number of nitrogens with zero attached hydrogens (tertiary/aromatic N) is 1. The van der Waals surface area contributed by atoms with Crippen LogP contribution in [0.25, 0.3) is 0 Å². The first kappa shape index (κ1) is 15.9. The van der Waals surface area contributed by atoms with Crippen molar-refractivity contribution in [3.8, 4) is 0 Å². The summed E-state index contributed by atoms with van der Waals surface area (Å²) in [6.07, 6.45) is 0.192. The number of amides is 1. The van der Waals surface area contributed by atoms with Crippen LogP contribution in [0.5, 0.6) is 0 Å². The summed E-state index contributed by atoms with van der Waals surface area (Å²) in [7, 11) is 0. The normalized spacial score (nSPS) is 27.4. The number of hydrogen-bond acceptors (Lipinski definition) is 3. The van der Waals surface area contributed by atoms with Crippen LogP contribution in [-0.2, 0) is 4.79 Å². The van der Waals surface area contributed by atoms with Crippen molar-refractivity contribution in [2.75, 3.05) is 24.5 Å². The average molecular weight is 320 g/mol. The van der Waals surface area contributed by atoms with Gasteiger partial charge in [-0.05, 0) is 36.2 Å². The molecule has 1 amide bonds. The first-order chi connectivity index (χ1) is 10.8. The van der Waals surface area contributed by atoms with Crippen molar-refractivity contribution >= 4 is 17.6 Å². The van der Waals surface area contributed by atoms with Crippen LogP contribution in [-0.4, -0.2) is 42.3 Å². The summed E-state index contributed by atoms with van der Waals surface area (Å²) in [5.41, 5.74) is -0.238. The van der Waals surface area contributed by atoms with Gasteiger partial charge in [0.25, 0.3) is 5.91 Å². The summed E-state index contributed by atoms with van der Waals surface area (Å²) in [6, 6.07) is 4.69. The summed E-state index contributed by atoms with van der Waals surface area (Å²) in [6.45, 7) is 5.19. The first-order valence-corrected chi connectivity index (χ1v) is 7.93. The molecular formula is C17H21FN2O3. The fourth-order valence-corrected chi connectivity index (χ4v) is 3.53. The lowest BCUT2D eigenvalue weighted by Crippen LogP contribution is -2.49. The number of nitrogens with one attached hydrogen (secondary N) is 1. The van der Waals surface area contributed by atoms with Gasteiger partial charge in [0, 0.05) is 31.1 Å². The van der Waals surface area contributed by atoms with Crippen molar-refractivity contribution in [3.05, 3.63) is 29.3 Å². The maximum absolute atomic E-state index is 15.1. The van der Waals surface area contributed by atoms with Crippen LogP contribution < -0.4 is 10.2 Å². The summed E-state index contributed by atoms with van der Waals surface area (Å²) >= 11 is 0. The van der Waals surface area contributed by atoms with Crippen molar-refractivity contribution in [1.82, 2.24) is 5.32 Å². The number of hydrogen-bond donors (Lipinski definition) is 2. The van der Waals surface area contributed by atoms with E-state index in [1.165, 1.54) is 11.0 Å². The number of carboxylic acid groups (broad SMARTS) is 1. The fourth-order valence-electron chi connectivity index (χ4n) is 3.53. The van der Waals surface area contributed by atoms with Gasteiger partial charge in [0.2, 0.25) is 0 Å². The zero-order valence-corrected chi connectivity index (χ0v) is 13.3. The molecule has 5 nitrogen and oxygen atoms in total. The van der Waals surface area contributed by atoms with Gasteiger partial charge in [-0.1, -0.05) is 13.8 Å². The molecule has 2 saturated heterocycles. The van der Waals surface area contributed by atoms with Crippen LogP contribution in [0.15, 0.2) is 18.2 Å². The lowest BCUT2D eigenvalue weighted by Gasteiger charge is -2.29. The third-order valence-electron chi connectivity index (χ3n) is 4.89. The van der Waals surface area contributed by atoms with Crippen LogP contribution in [0.2, 0.25) is 0 Å². The largest absolute Gasteiger partial charge is 0.478 e. The molecule has 0 radical (unpaired) electrons. The van der Waals surface area contributed by atoms with E-state index in [1.54, 1.807) is 12.1 Å². The second-order valence-corrected chi connectivity index (χ2v) is 6.66. The highest BCUT2D eigenvalue weighted by molar-refractivity contribution is 6.03. The van der Waals surface area contributed by atoms with Crippen LogP contribution in [0.1, 0.15) is 42.1 Å². The molecule has 0 bridgehead atoms. The van der Waals surface area contributed by atoms with Gasteiger partial charge in [0.15, 0.2) is 5.67 Å². The average Bonchev–Trinajstić information content (AvgIpc) is 2.78. The molecule has 3 rings (SSSR count). The van der Waals surface area contributed by atoms with Gasteiger partial charge in [0.05, 0.1) is 5.56 Å². The second-order valence-electron chi connectivity index (χ2n) is 6.66. The van der Waals surface area contributed by atoms with Crippen molar-refractivity contribution in [2.45, 2.75) is 31.9 Å². The summed E-state index contributed by atoms with van der Waals surface area (Å²) in [4.78, 5) is 25.3. The Bertz CT molecular complexity index is 661. The standard InChI is InChI=1S/C17H21FN2O3/c1-10(2)13-7-11(15(21)22)3-4-14(13)20-9-12-8-19-6-5-17(12,18)16(20)23/h3-4,7,10,12,19H,5-6,8-9H2,1-2H3,(H,21,22)/t12-,17+/m0/s1. The number of rotatable bonds is 3. The number of piperidine rings is 1. The van der Waals surface area contributed by atoms with Crippen LogP contribution >= 0.6 is 0 Å². The predicted molar refractivity (Wildman–Crippen MR) is 84.7 cm³/mol. The van der Waals surface area contributed by atoms with Crippen molar-refractivity contribution in [1.29, 1.82) is 0 Å². The second kappa shape index (κ2) is 5.60. The topological polar surface area (TPSA) is 69.6 Å². The number of alkyl halides is 1. The molecule has 2 heterocycles. The number of anilines is 1. The van der Waals surface area contributed by atoms with Gasteiger partial charge in [-0.25, -0.2) is 9.18 Å². The molecule has 2 fully saturated rings. The van der Waals surface area contributed by atoms with Crippen molar-refractivity contribution in [3.63, 3.8) is 0 Å². The lowest BCUT2D eigenvalue weighted by atomic mass is 9.86. The Morgan fingerprint density at radius 1 is 1.48 bits per heavy atom. The number of halogens is 1. The molecule has 2 N–H and O–H groups in total. The number of benzene rings is 1. The van der Waals surface area contributed by atoms with Crippen LogP contribution in [0, 0.1) is 5.92 Å². The number of carbonyl (C=O) groups excluding carboxylic acids is 1. The Balaban J connectivity index is 2.02. The Morgan fingerprint density at radius 2 is 2.22 bits per heavy atom. The fraction of sp³-hybridized carbons (Fsp3) is 0.529. The Hall–Kier alpha value is -1.95.